The van der Waals surface area contributed by atoms with E-state index in [2.05, 4.69) is 31.0 Å². The van der Waals surface area contributed by atoms with Gasteiger partial charge in [-0.2, -0.15) is 4.98 Å². The lowest BCUT2D eigenvalue weighted by molar-refractivity contribution is -0.136. The Kier molecular flexibility index (Phi) is 4.97. The van der Waals surface area contributed by atoms with Crippen molar-refractivity contribution in [1.82, 2.24) is 14.9 Å². The minimum absolute atomic E-state index is 0.0206. The third-order valence-electron chi connectivity index (χ3n) is 5.68. The number of hydrogen-bond donors (Lipinski definition) is 1. The number of anilines is 3. The van der Waals surface area contributed by atoms with Crippen molar-refractivity contribution in [2.75, 3.05) is 24.3 Å². The number of fused-ring (bicyclic) bond motifs is 4. The normalized spacial score (nSPS) is 20.4. The minimum atomic E-state index is -0.0206. The van der Waals surface area contributed by atoms with Crippen molar-refractivity contribution in [2.45, 2.75) is 58.5 Å². The monoisotopic (exact) mass is 393 g/mol. The zero-order chi connectivity index (χ0) is 20.8. The highest BCUT2D eigenvalue weighted by molar-refractivity contribution is 5.79. The number of rotatable bonds is 4. The van der Waals surface area contributed by atoms with Gasteiger partial charge in [-0.3, -0.25) is 4.79 Å². The number of carbonyl (C=O) groups is 1. The van der Waals surface area contributed by atoms with E-state index in [4.69, 9.17) is 9.97 Å². The summed E-state index contributed by atoms with van der Waals surface area (Å²) in [5, 5.41) is 3.50. The van der Waals surface area contributed by atoms with Gasteiger partial charge in [-0.25, -0.2) is 4.98 Å². The Hall–Kier alpha value is -2.63. The molecule has 0 saturated carbocycles. The summed E-state index contributed by atoms with van der Waals surface area (Å²) in [5.41, 5.74) is 3.14. The zero-order valence-corrected chi connectivity index (χ0v) is 18.1. The number of amides is 1. The second-order valence-corrected chi connectivity index (χ2v) is 9.61. The van der Waals surface area contributed by atoms with Crippen molar-refractivity contribution in [3.05, 3.63) is 41.6 Å². The quantitative estimate of drug-likeness (QED) is 0.839. The number of carbonyl (C=O) groups excluding carboxylic acids is 1. The molecule has 2 aromatic rings. The molecule has 2 bridgehead atoms. The van der Waals surface area contributed by atoms with Crippen molar-refractivity contribution < 1.29 is 4.79 Å². The molecular weight excluding hydrogens is 362 g/mol. The Morgan fingerprint density at radius 1 is 1.17 bits per heavy atom. The van der Waals surface area contributed by atoms with Gasteiger partial charge in [0.25, 0.3) is 0 Å². The first-order valence-electron chi connectivity index (χ1n) is 10.4. The van der Waals surface area contributed by atoms with E-state index in [9.17, 15) is 4.79 Å². The number of nitrogens with one attached hydrogen (secondary N) is 1. The summed E-state index contributed by atoms with van der Waals surface area (Å²) in [4.78, 5) is 26.9. The van der Waals surface area contributed by atoms with Crippen molar-refractivity contribution in [3.63, 3.8) is 0 Å². The topological polar surface area (TPSA) is 61.4 Å². The Morgan fingerprint density at radius 2 is 1.90 bits per heavy atom. The number of hydrogen-bond acceptors (Lipinski definition) is 5. The molecule has 1 fully saturated rings. The van der Waals surface area contributed by atoms with Crippen LogP contribution in [0.5, 0.6) is 0 Å². The van der Waals surface area contributed by atoms with Crippen LogP contribution in [0.4, 0.5) is 17.5 Å². The first kappa shape index (κ1) is 19.7. The van der Waals surface area contributed by atoms with Crippen LogP contribution in [-0.4, -0.2) is 40.9 Å². The number of para-hydroxylation sites is 1. The maximum absolute atomic E-state index is 13.2. The second kappa shape index (κ2) is 7.32. The molecule has 2 aliphatic rings. The van der Waals surface area contributed by atoms with Gasteiger partial charge in [0.2, 0.25) is 11.9 Å². The van der Waals surface area contributed by atoms with Crippen LogP contribution in [0, 0.1) is 5.41 Å². The summed E-state index contributed by atoms with van der Waals surface area (Å²) in [5.74, 6) is 1.78. The van der Waals surface area contributed by atoms with Gasteiger partial charge in [0.1, 0.15) is 5.82 Å². The summed E-state index contributed by atoms with van der Waals surface area (Å²) in [7, 11) is 3.93. The van der Waals surface area contributed by atoms with Gasteiger partial charge in [-0.05, 0) is 30.4 Å². The molecular formula is C23H31N5O. The molecule has 1 saturated heterocycles. The standard InChI is InChI=1S/C23H31N5O/c1-23(2,3)14-19(29)28-16-11-12-18(28)20-17(13-16)25-22(27(4)5)26-21(20)24-15-9-7-6-8-10-15/h6-10,16,18H,11-14H2,1-5H3,(H,24,25,26)/t16-,18+/m1/s1. The maximum atomic E-state index is 13.2. The molecule has 6 nitrogen and oxygen atoms in total. The molecule has 4 rings (SSSR count). The number of nitrogens with zero attached hydrogens (tertiary/aromatic N) is 4. The molecule has 0 aliphatic carbocycles. The number of benzene rings is 1. The van der Waals surface area contributed by atoms with E-state index in [0.717, 1.165) is 42.0 Å². The Morgan fingerprint density at radius 3 is 2.55 bits per heavy atom. The highest BCUT2D eigenvalue weighted by atomic mass is 16.2. The summed E-state index contributed by atoms with van der Waals surface area (Å²) >= 11 is 0. The SMILES string of the molecule is CN(C)c1nc2c(c(Nc3ccccc3)n1)[C@@H]1CC[C@H](C2)N1C(=O)CC(C)(C)C. The van der Waals surface area contributed by atoms with Gasteiger partial charge >= 0.3 is 0 Å². The summed E-state index contributed by atoms with van der Waals surface area (Å²) in [6.07, 6.45) is 3.36. The van der Waals surface area contributed by atoms with Gasteiger partial charge in [0.05, 0.1) is 11.7 Å². The third kappa shape index (κ3) is 3.93. The van der Waals surface area contributed by atoms with E-state index < -0.39 is 0 Å². The molecule has 2 aliphatic heterocycles. The third-order valence-corrected chi connectivity index (χ3v) is 5.68. The fraction of sp³-hybridized carbons (Fsp3) is 0.522. The van der Waals surface area contributed by atoms with Crippen molar-refractivity contribution in [3.8, 4) is 0 Å². The largest absolute Gasteiger partial charge is 0.347 e. The molecule has 6 heteroatoms. The van der Waals surface area contributed by atoms with E-state index in [1.54, 1.807) is 0 Å². The van der Waals surface area contributed by atoms with Crippen molar-refractivity contribution in [1.29, 1.82) is 0 Å². The lowest BCUT2D eigenvalue weighted by Crippen LogP contribution is -2.43. The molecule has 0 spiro atoms. The average Bonchev–Trinajstić information content (AvgIpc) is 2.95. The Bertz CT molecular complexity index is 903. The average molecular weight is 394 g/mol. The van der Waals surface area contributed by atoms with Crippen LogP contribution < -0.4 is 10.2 Å². The molecule has 29 heavy (non-hydrogen) atoms. The molecule has 1 aromatic heterocycles. The first-order valence-corrected chi connectivity index (χ1v) is 10.4. The Labute approximate surface area is 173 Å². The lowest BCUT2D eigenvalue weighted by Gasteiger charge is -2.38. The van der Waals surface area contributed by atoms with Gasteiger partial charge in [-0.1, -0.05) is 39.0 Å². The Balaban J connectivity index is 1.75. The molecule has 2 atom stereocenters. The van der Waals surface area contributed by atoms with Crippen LogP contribution in [0.2, 0.25) is 0 Å². The molecule has 1 N–H and O–H groups in total. The molecule has 1 amide bonds. The summed E-state index contributed by atoms with van der Waals surface area (Å²) < 4.78 is 0. The van der Waals surface area contributed by atoms with Crippen molar-refractivity contribution in [2.24, 2.45) is 5.41 Å². The molecule has 0 radical (unpaired) electrons. The van der Waals surface area contributed by atoms with Crippen LogP contribution in [-0.2, 0) is 11.2 Å². The fourth-order valence-electron chi connectivity index (χ4n) is 4.47. The van der Waals surface area contributed by atoms with Crippen LogP contribution in [0.15, 0.2) is 30.3 Å². The predicted octanol–water partition coefficient (Wildman–Crippen LogP) is 4.31. The van der Waals surface area contributed by atoms with E-state index in [-0.39, 0.29) is 23.4 Å². The lowest BCUT2D eigenvalue weighted by atomic mass is 9.90. The highest BCUT2D eigenvalue weighted by Crippen LogP contribution is 2.47. The summed E-state index contributed by atoms with van der Waals surface area (Å²) in [6.45, 7) is 6.37. The van der Waals surface area contributed by atoms with Gasteiger partial charge < -0.3 is 15.1 Å². The number of aromatic nitrogens is 2. The molecule has 0 unspecified atom stereocenters. The summed E-state index contributed by atoms with van der Waals surface area (Å²) in [6, 6.07) is 10.4. The molecule has 3 heterocycles. The van der Waals surface area contributed by atoms with E-state index in [1.807, 2.05) is 49.3 Å². The first-order chi connectivity index (χ1) is 13.7. The zero-order valence-electron chi connectivity index (χ0n) is 18.1. The maximum Gasteiger partial charge on any atom is 0.227 e. The predicted molar refractivity (Wildman–Crippen MR) is 116 cm³/mol. The second-order valence-electron chi connectivity index (χ2n) is 9.61. The highest BCUT2D eigenvalue weighted by Gasteiger charge is 2.45. The van der Waals surface area contributed by atoms with Crippen LogP contribution in [0.25, 0.3) is 0 Å². The van der Waals surface area contributed by atoms with Gasteiger partial charge in [-0.15, -0.1) is 0 Å². The van der Waals surface area contributed by atoms with E-state index in [1.165, 1.54) is 0 Å². The van der Waals surface area contributed by atoms with E-state index >= 15 is 0 Å². The molecule has 1 aromatic carbocycles. The van der Waals surface area contributed by atoms with Crippen LogP contribution >= 0.6 is 0 Å². The smallest absolute Gasteiger partial charge is 0.227 e. The van der Waals surface area contributed by atoms with Gasteiger partial charge in [0, 0.05) is 44.2 Å². The fourth-order valence-corrected chi connectivity index (χ4v) is 4.47. The molecule has 154 valence electrons. The van der Waals surface area contributed by atoms with Crippen LogP contribution in [0.3, 0.4) is 0 Å². The van der Waals surface area contributed by atoms with Gasteiger partial charge in [0.15, 0.2) is 0 Å². The van der Waals surface area contributed by atoms with E-state index in [0.29, 0.717) is 12.4 Å². The van der Waals surface area contributed by atoms with Crippen molar-refractivity contribution >= 4 is 23.4 Å². The minimum Gasteiger partial charge on any atom is -0.347 e. The van der Waals surface area contributed by atoms with Crippen LogP contribution in [0.1, 0.15) is 57.3 Å².